The standard InChI is InChI=1S/C28H23F6N7O2S/c1-2-7-23-21(16-17-12-14-18(15-13-17)19-8-3-4-9-20(19)25-35-39-40-36-25)26(38-44(42,43)28(32,33)34)41(37-23)24-11-6-5-10-22(24)27(29,30)31/h3-6,8-15,38H,2,7,16H2,1H3,(H,35,36,39,40). The number of aryl methyl sites for hydroxylation is 1. The summed E-state index contributed by atoms with van der Waals surface area (Å²) >= 11 is 0. The SMILES string of the molecule is CCCc1nn(-c2ccccc2C(F)(F)F)c(NS(=O)(=O)C(F)(F)F)c1Cc1ccc(-c2ccccc2-c2nn[nH]n2)cc1. The molecule has 0 bridgehead atoms. The molecule has 2 aromatic heterocycles. The number of nitrogens with zero attached hydrogens (tertiary/aromatic N) is 5. The topological polar surface area (TPSA) is 118 Å². The lowest BCUT2D eigenvalue weighted by Gasteiger charge is -2.17. The van der Waals surface area contributed by atoms with Crippen LogP contribution in [0, 0.1) is 0 Å². The number of nitrogens with one attached hydrogen (secondary N) is 2. The summed E-state index contributed by atoms with van der Waals surface area (Å²) in [5.41, 5.74) is -4.66. The molecule has 2 N–H and O–H groups in total. The molecule has 3 aromatic carbocycles. The van der Waals surface area contributed by atoms with Crippen molar-refractivity contribution in [3.8, 4) is 28.2 Å². The van der Waals surface area contributed by atoms with Crippen LogP contribution in [-0.4, -0.2) is 44.3 Å². The fourth-order valence-electron chi connectivity index (χ4n) is 4.69. The van der Waals surface area contributed by atoms with Crippen molar-refractivity contribution in [3.05, 3.63) is 95.2 Å². The number of H-pyrrole nitrogens is 1. The number of hydrogen-bond donors (Lipinski definition) is 2. The Morgan fingerprint density at radius 3 is 2.16 bits per heavy atom. The van der Waals surface area contributed by atoms with Gasteiger partial charge >= 0.3 is 21.7 Å². The van der Waals surface area contributed by atoms with Crippen LogP contribution in [0.3, 0.4) is 0 Å². The lowest BCUT2D eigenvalue weighted by atomic mass is 9.96. The molecule has 0 atom stereocenters. The first-order chi connectivity index (χ1) is 20.8. The molecule has 0 saturated heterocycles. The predicted molar refractivity (Wildman–Crippen MR) is 149 cm³/mol. The highest BCUT2D eigenvalue weighted by molar-refractivity contribution is 7.93. The van der Waals surface area contributed by atoms with Crippen LogP contribution in [-0.2, 0) is 29.0 Å². The van der Waals surface area contributed by atoms with E-state index in [1.54, 1.807) is 43.3 Å². The van der Waals surface area contributed by atoms with Crippen LogP contribution in [0.2, 0.25) is 0 Å². The lowest BCUT2D eigenvalue weighted by Crippen LogP contribution is -2.31. The van der Waals surface area contributed by atoms with E-state index in [9.17, 15) is 34.8 Å². The number of anilines is 1. The summed E-state index contributed by atoms with van der Waals surface area (Å²) in [5, 5.41) is 18.2. The number of benzene rings is 3. The lowest BCUT2D eigenvalue weighted by molar-refractivity contribution is -0.137. The van der Waals surface area contributed by atoms with Gasteiger partial charge in [0.2, 0.25) is 5.82 Å². The van der Waals surface area contributed by atoms with Crippen LogP contribution < -0.4 is 4.72 Å². The van der Waals surface area contributed by atoms with Crippen molar-refractivity contribution in [2.24, 2.45) is 0 Å². The number of tetrazole rings is 1. The van der Waals surface area contributed by atoms with Crippen molar-refractivity contribution in [2.45, 2.75) is 37.9 Å². The molecule has 0 spiro atoms. The maximum Gasteiger partial charge on any atom is 0.516 e. The van der Waals surface area contributed by atoms with Gasteiger partial charge in [-0.2, -0.15) is 45.1 Å². The Hall–Kier alpha value is -4.73. The molecule has 0 fully saturated rings. The van der Waals surface area contributed by atoms with Gasteiger partial charge in [-0.3, -0.25) is 4.72 Å². The number of para-hydroxylation sites is 1. The van der Waals surface area contributed by atoms with E-state index in [0.717, 1.165) is 29.3 Å². The highest BCUT2D eigenvalue weighted by atomic mass is 32.2. The number of alkyl halides is 6. The summed E-state index contributed by atoms with van der Waals surface area (Å²) in [4.78, 5) is 0. The van der Waals surface area contributed by atoms with Gasteiger partial charge in [0.25, 0.3) is 0 Å². The van der Waals surface area contributed by atoms with E-state index < -0.39 is 38.8 Å². The van der Waals surface area contributed by atoms with E-state index in [1.807, 2.05) is 12.1 Å². The minimum absolute atomic E-state index is 0.0107. The fourth-order valence-corrected chi connectivity index (χ4v) is 5.27. The number of sulfonamides is 1. The molecular formula is C28H23F6N7O2S. The molecule has 9 nitrogen and oxygen atoms in total. The first-order valence-electron chi connectivity index (χ1n) is 13.1. The Morgan fingerprint density at radius 2 is 1.55 bits per heavy atom. The highest BCUT2D eigenvalue weighted by Gasteiger charge is 2.47. The fraction of sp³-hybridized carbons (Fsp3) is 0.214. The molecule has 16 heteroatoms. The maximum absolute atomic E-state index is 13.9. The third-order valence-electron chi connectivity index (χ3n) is 6.69. The van der Waals surface area contributed by atoms with Crippen LogP contribution >= 0.6 is 0 Å². The van der Waals surface area contributed by atoms with Gasteiger partial charge in [-0.15, -0.1) is 10.2 Å². The third-order valence-corrected chi connectivity index (χ3v) is 7.76. The van der Waals surface area contributed by atoms with Crippen LogP contribution in [0.1, 0.15) is 35.7 Å². The Bertz CT molecular complexity index is 1870. The van der Waals surface area contributed by atoms with Crippen molar-refractivity contribution in [2.75, 3.05) is 4.72 Å². The largest absolute Gasteiger partial charge is 0.516 e. The van der Waals surface area contributed by atoms with Gasteiger partial charge in [0.05, 0.1) is 16.9 Å². The molecular weight excluding hydrogens is 612 g/mol. The number of hydrogen-bond acceptors (Lipinski definition) is 6. The van der Waals surface area contributed by atoms with Crippen LogP contribution in [0.5, 0.6) is 0 Å². The van der Waals surface area contributed by atoms with Crippen molar-refractivity contribution < 1.29 is 34.8 Å². The van der Waals surface area contributed by atoms with E-state index in [-0.39, 0.29) is 24.1 Å². The Morgan fingerprint density at radius 1 is 0.886 bits per heavy atom. The zero-order valence-electron chi connectivity index (χ0n) is 22.8. The Kier molecular flexibility index (Phi) is 8.20. The summed E-state index contributed by atoms with van der Waals surface area (Å²) in [7, 11) is -6.03. The zero-order valence-corrected chi connectivity index (χ0v) is 23.6. The number of rotatable bonds is 9. The molecule has 0 unspecified atom stereocenters. The second-order valence-electron chi connectivity index (χ2n) is 9.66. The van der Waals surface area contributed by atoms with Crippen molar-refractivity contribution in [1.82, 2.24) is 30.4 Å². The van der Waals surface area contributed by atoms with Gasteiger partial charge in [-0.05, 0) is 40.5 Å². The van der Waals surface area contributed by atoms with Gasteiger partial charge in [-0.25, -0.2) is 4.68 Å². The van der Waals surface area contributed by atoms with Gasteiger partial charge in [-0.1, -0.05) is 74.0 Å². The predicted octanol–water partition coefficient (Wildman–Crippen LogP) is 6.54. The zero-order chi connectivity index (χ0) is 31.7. The van der Waals surface area contributed by atoms with Gasteiger partial charge in [0.1, 0.15) is 5.82 Å². The molecule has 0 aliphatic carbocycles. The van der Waals surface area contributed by atoms with E-state index in [4.69, 9.17) is 0 Å². The van der Waals surface area contributed by atoms with Gasteiger partial charge < -0.3 is 0 Å². The van der Waals surface area contributed by atoms with E-state index in [2.05, 4.69) is 25.7 Å². The van der Waals surface area contributed by atoms with Crippen LogP contribution in [0.15, 0.2) is 72.8 Å². The smallest absolute Gasteiger partial charge is 0.259 e. The first kappa shape index (κ1) is 30.7. The summed E-state index contributed by atoms with van der Waals surface area (Å²) in [6, 6.07) is 18.2. The van der Waals surface area contributed by atoms with Crippen LogP contribution in [0.4, 0.5) is 32.2 Å². The van der Waals surface area contributed by atoms with Gasteiger partial charge in [0, 0.05) is 17.5 Å². The highest BCUT2D eigenvalue weighted by Crippen LogP contribution is 2.38. The summed E-state index contributed by atoms with van der Waals surface area (Å²) < 4.78 is 109. The molecule has 2 heterocycles. The second kappa shape index (κ2) is 11.7. The molecule has 5 aromatic rings. The molecule has 0 aliphatic heterocycles. The minimum Gasteiger partial charge on any atom is -0.259 e. The molecule has 0 amide bonds. The number of aromatic nitrogens is 6. The minimum atomic E-state index is -6.03. The first-order valence-corrected chi connectivity index (χ1v) is 14.6. The second-order valence-corrected chi connectivity index (χ2v) is 11.3. The monoisotopic (exact) mass is 635 g/mol. The summed E-state index contributed by atoms with van der Waals surface area (Å²) in [5.74, 6) is -0.365. The molecule has 0 saturated carbocycles. The average Bonchev–Trinajstić information content (AvgIpc) is 3.62. The molecule has 0 radical (unpaired) electrons. The molecule has 0 aliphatic rings. The van der Waals surface area contributed by atoms with Crippen LogP contribution in [0.25, 0.3) is 28.2 Å². The number of halogens is 6. The Balaban J connectivity index is 1.62. The van der Waals surface area contributed by atoms with Crippen molar-refractivity contribution in [1.29, 1.82) is 0 Å². The summed E-state index contributed by atoms with van der Waals surface area (Å²) in [6.45, 7) is 1.75. The molecule has 44 heavy (non-hydrogen) atoms. The maximum atomic E-state index is 13.9. The van der Waals surface area contributed by atoms with Crippen molar-refractivity contribution >= 4 is 15.8 Å². The van der Waals surface area contributed by atoms with E-state index in [0.29, 0.717) is 28.1 Å². The molecule has 5 rings (SSSR count). The van der Waals surface area contributed by atoms with E-state index >= 15 is 0 Å². The summed E-state index contributed by atoms with van der Waals surface area (Å²) in [6.07, 6.45) is -4.44. The number of aromatic amines is 1. The third kappa shape index (κ3) is 6.15. The quantitative estimate of drug-likeness (QED) is 0.178. The normalized spacial score (nSPS) is 12.4. The average molecular weight is 636 g/mol. The Labute approximate surface area is 247 Å². The van der Waals surface area contributed by atoms with E-state index in [1.165, 1.54) is 10.8 Å². The molecule has 230 valence electrons. The van der Waals surface area contributed by atoms with Crippen molar-refractivity contribution in [3.63, 3.8) is 0 Å². The van der Waals surface area contributed by atoms with Gasteiger partial charge in [0.15, 0.2) is 0 Å².